The van der Waals surface area contributed by atoms with Crippen LogP contribution in [-0.2, 0) is 5.75 Å². The highest BCUT2D eigenvalue weighted by atomic mass is 32.2. The molecule has 0 bridgehead atoms. The molecule has 1 aromatic carbocycles. The molecule has 2 N–H and O–H groups in total. The molecule has 2 heterocycles. The third-order valence-corrected chi connectivity index (χ3v) is 5.40. The van der Waals surface area contributed by atoms with Crippen molar-refractivity contribution in [3.05, 3.63) is 40.3 Å². The number of methoxy groups -OCH3 is 1. The van der Waals surface area contributed by atoms with Crippen LogP contribution in [0.3, 0.4) is 0 Å². The van der Waals surface area contributed by atoms with Gasteiger partial charge in [0.1, 0.15) is 23.4 Å². The molecular formula is C17H20N6O5S. The highest BCUT2D eigenvalue weighted by Gasteiger charge is 2.25. The molecule has 1 atom stereocenters. The Balaban J connectivity index is 1.86. The molecule has 1 unspecified atom stereocenters. The highest BCUT2D eigenvalue weighted by molar-refractivity contribution is 7.98. The molecule has 3 rings (SSSR count). The van der Waals surface area contributed by atoms with Gasteiger partial charge in [-0.3, -0.25) is 0 Å². The summed E-state index contributed by atoms with van der Waals surface area (Å²) in [7, 11) is 1.42. The van der Waals surface area contributed by atoms with Crippen LogP contribution in [0.4, 0.5) is 0 Å². The zero-order chi connectivity index (χ0) is 21.1. The molecule has 12 heteroatoms. The topological polar surface area (TPSA) is 149 Å². The number of phenolic OH excluding ortho intramolecular Hbond substituents is 1. The fourth-order valence-electron chi connectivity index (χ4n) is 2.94. The average molecular weight is 420 g/mol. The van der Waals surface area contributed by atoms with E-state index >= 15 is 0 Å². The number of aromatic carboxylic acids is 1. The van der Waals surface area contributed by atoms with Crippen molar-refractivity contribution >= 4 is 17.7 Å². The highest BCUT2D eigenvalue weighted by Crippen LogP contribution is 2.36. The lowest BCUT2D eigenvalue weighted by Crippen LogP contribution is -2.17. The number of tetrazole rings is 1. The number of carbonyl (C=O) groups is 1. The standard InChI is InChI=1S/C17H20N6O5S/c1-8-14(27-4)5-13(24)11(15(8)17(25)26)6-29-7-12(16-18-9(2)20-28-16)23-10(3)19-21-22-23/h5,12,24H,6-7H2,1-4H3,(H,25,26). The zero-order valence-electron chi connectivity index (χ0n) is 16.3. The molecule has 0 saturated heterocycles. The minimum absolute atomic E-state index is 0.0261. The minimum Gasteiger partial charge on any atom is -0.507 e. The Kier molecular flexibility index (Phi) is 6.01. The van der Waals surface area contributed by atoms with E-state index in [1.54, 1.807) is 25.5 Å². The molecule has 2 aromatic heterocycles. The number of thioether (sulfide) groups is 1. The summed E-state index contributed by atoms with van der Waals surface area (Å²) in [5, 5.41) is 35.3. The predicted octanol–water partition coefficient (Wildman–Crippen LogP) is 1.92. The number of hydrogen-bond donors (Lipinski definition) is 2. The summed E-state index contributed by atoms with van der Waals surface area (Å²) in [6, 6.07) is 0.980. The molecule has 29 heavy (non-hydrogen) atoms. The van der Waals surface area contributed by atoms with Gasteiger partial charge in [0.2, 0.25) is 0 Å². The number of benzene rings is 1. The number of rotatable bonds is 8. The second kappa shape index (κ2) is 8.47. The van der Waals surface area contributed by atoms with Gasteiger partial charge in [0, 0.05) is 28.7 Å². The fraction of sp³-hybridized carbons (Fsp3) is 0.412. The first kappa shape index (κ1) is 20.6. The zero-order valence-corrected chi connectivity index (χ0v) is 17.1. The van der Waals surface area contributed by atoms with Gasteiger partial charge in [-0.15, -0.1) is 5.10 Å². The molecule has 0 spiro atoms. The van der Waals surface area contributed by atoms with E-state index in [1.165, 1.54) is 24.9 Å². The molecule has 154 valence electrons. The van der Waals surface area contributed by atoms with Crippen LogP contribution in [-0.4, -0.2) is 59.4 Å². The van der Waals surface area contributed by atoms with Crippen molar-refractivity contribution in [1.29, 1.82) is 0 Å². The van der Waals surface area contributed by atoms with E-state index in [9.17, 15) is 15.0 Å². The number of aromatic hydroxyl groups is 1. The fourth-order valence-corrected chi connectivity index (χ4v) is 4.06. The van der Waals surface area contributed by atoms with E-state index in [2.05, 4.69) is 25.7 Å². The van der Waals surface area contributed by atoms with E-state index in [4.69, 9.17) is 9.26 Å². The first-order chi connectivity index (χ1) is 13.8. The summed E-state index contributed by atoms with van der Waals surface area (Å²) >= 11 is 1.39. The van der Waals surface area contributed by atoms with Gasteiger partial charge in [-0.1, -0.05) is 5.16 Å². The number of aryl methyl sites for hydroxylation is 2. The number of hydrogen-bond acceptors (Lipinski definition) is 10. The van der Waals surface area contributed by atoms with E-state index < -0.39 is 12.0 Å². The van der Waals surface area contributed by atoms with Crippen molar-refractivity contribution in [3.63, 3.8) is 0 Å². The smallest absolute Gasteiger partial charge is 0.336 e. The molecular weight excluding hydrogens is 400 g/mol. The molecule has 0 saturated carbocycles. The van der Waals surface area contributed by atoms with Crippen LogP contribution in [0.15, 0.2) is 10.6 Å². The van der Waals surface area contributed by atoms with Crippen molar-refractivity contribution in [2.24, 2.45) is 0 Å². The SMILES string of the molecule is COc1cc(O)c(CSCC(c2nc(C)no2)n2nnnc2C)c(C(=O)O)c1C. The lowest BCUT2D eigenvalue weighted by Gasteiger charge is -2.16. The van der Waals surface area contributed by atoms with E-state index in [1.807, 2.05) is 0 Å². The van der Waals surface area contributed by atoms with Crippen molar-refractivity contribution in [3.8, 4) is 11.5 Å². The summed E-state index contributed by atoms with van der Waals surface area (Å²) < 4.78 is 12.0. The van der Waals surface area contributed by atoms with Crippen molar-refractivity contribution in [2.75, 3.05) is 12.9 Å². The molecule has 0 fully saturated rings. The van der Waals surface area contributed by atoms with Gasteiger partial charge < -0.3 is 19.5 Å². The second-order valence-electron chi connectivity index (χ2n) is 6.26. The Morgan fingerprint density at radius 2 is 2.14 bits per heavy atom. The molecule has 0 aliphatic carbocycles. The third-order valence-electron chi connectivity index (χ3n) is 4.36. The van der Waals surface area contributed by atoms with Gasteiger partial charge in [0.15, 0.2) is 5.82 Å². The largest absolute Gasteiger partial charge is 0.507 e. The van der Waals surface area contributed by atoms with Crippen LogP contribution in [0.2, 0.25) is 0 Å². The number of carboxylic acid groups (broad SMARTS) is 1. The van der Waals surface area contributed by atoms with Crippen LogP contribution in [0.5, 0.6) is 11.5 Å². The van der Waals surface area contributed by atoms with Crippen molar-refractivity contribution in [2.45, 2.75) is 32.6 Å². The predicted molar refractivity (Wildman–Crippen MR) is 102 cm³/mol. The first-order valence-electron chi connectivity index (χ1n) is 8.58. The Morgan fingerprint density at radius 1 is 1.38 bits per heavy atom. The van der Waals surface area contributed by atoms with Gasteiger partial charge in [-0.05, 0) is 31.2 Å². The van der Waals surface area contributed by atoms with Gasteiger partial charge >= 0.3 is 5.97 Å². The summed E-state index contributed by atoms with van der Waals surface area (Å²) in [4.78, 5) is 16.0. The Labute approximate surface area is 170 Å². The van der Waals surface area contributed by atoms with Crippen LogP contribution >= 0.6 is 11.8 Å². The number of aromatic nitrogens is 6. The monoisotopic (exact) mass is 420 g/mol. The molecule has 3 aromatic rings. The van der Waals surface area contributed by atoms with E-state index in [0.29, 0.717) is 40.2 Å². The molecule has 11 nitrogen and oxygen atoms in total. The van der Waals surface area contributed by atoms with Gasteiger partial charge in [-0.25, -0.2) is 9.48 Å². The third kappa shape index (κ3) is 4.16. The molecule has 0 aliphatic rings. The van der Waals surface area contributed by atoms with Crippen molar-refractivity contribution in [1.82, 2.24) is 30.3 Å². The van der Waals surface area contributed by atoms with Gasteiger partial charge in [-0.2, -0.15) is 16.7 Å². The number of carboxylic acids is 1. The average Bonchev–Trinajstić information content (AvgIpc) is 3.29. The second-order valence-corrected chi connectivity index (χ2v) is 7.29. The lowest BCUT2D eigenvalue weighted by molar-refractivity contribution is 0.0694. The van der Waals surface area contributed by atoms with Crippen LogP contribution in [0.25, 0.3) is 0 Å². The van der Waals surface area contributed by atoms with Gasteiger partial charge in [0.05, 0.1) is 12.7 Å². The lowest BCUT2D eigenvalue weighted by atomic mass is 10.0. The molecule has 0 radical (unpaired) electrons. The Hall–Kier alpha value is -3.15. The Morgan fingerprint density at radius 3 is 2.69 bits per heavy atom. The quantitative estimate of drug-likeness (QED) is 0.550. The summed E-state index contributed by atoms with van der Waals surface area (Å²) in [5.41, 5.74) is 0.793. The van der Waals surface area contributed by atoms with Crippen LogP contribution < -0.4 is 4.74 Å². The first-order valence-corrected chi connectivity index (χ1v) is 9.74. The maximum atomic E-state index is 11.8. The van der Waals surface area contributed by atoms with E-state index in [-0.39, 0.29) is 17.1 Å². The summed E-state index contributed by atoms with van der Waals surface area (Å²) in [6.45, 7) is 5.10. The minimum atomic E-state index is -1.13. The molecule has 0 aliphatic heterocycles. The Bertz CT molecular complexity index is 1030. The summed E-state index contributed by atoms with van der Waals surface area (Å²) in [6.07, 6.45) is 0. The van der Waals surface area contributed by atoms with Crippen molar-refractivity contribution < 1.29 is 24.3 Å². The van der Waals surface area contributed by atoms with Gasteiger partial charge in [0.25, 0.3) is 5.89 Å². The maximum Gasteiger partial charge on any atom is 0.336 e. The number of ether oxygens (including phenoxy) is 1. The maximum absolute atomic E-state index is 11.8. The van der Waals surface area contributed by atoms with Crippen LogP contribution in [0.1, 0.15) is 45.1 Å². The number of nitrogens with zero attached hydrogens (tertiary/aromatic N) is 6. The van der Waals surface area contributed by atoms with Crippen LogP contribution in [0, 0.1) is 20.8 Å². The van der Waals surface area contributed by atoms with E-state index in [0.717, 1.165) is 0 Å². The normalized spacial score (nSPS) is 12.1. The summed E-state index contributed by atoms with van der Waals surface area (Å²) in [5.74, 6) is 1.10. The molecule has 0 amide bonds. The number of phenols is 1.